The van der Waals surface area contributed by atoms with Gasteiger partial charge in [0, 0.05) is 5.56 Å². The maximum atomic E-state index is 14.5. The van der Waals surface area contributed by atoms with Crippen molar-refractivity contribution in [3.8, 4) is 0 Å². The van der Waals surface area contributed by atoms with Gasteiger partial charge in [-0.15, -0.1) is 0 Å². The fourth-order valence-electron chi connectivity index (χ4n) is 4.59. The van der Waals surface area contributed by atoms with E-state index in [-0.39, 0.29) is 24.3 Å². The highest BCUT2D eigenvalue weighted by Crippen LogP contribution is 2.42. The molecule has 4 heteroatoms. The Morgan fingerprint density at radius 1 is 0.875 bits per heavy atom. The highest BCUT2D eigenvalue weighted by molar-refractivity contribution is 5.32. The third-order valence-corrected chi connectivity index (χ3v) is 5.94. The maximum absolute atomic E-state index is 14.5. The molecule has 2 saturated carbocycles. The van der Waals surface area contributed by atoms with Gasteiger partial charge >= 0.3 is 0 Å². The van der Waals surface area contributed by atoms with E-state index in [1.54, 1.807) is 0 Å². The molecule has 0 heterocycles. The molecular weight excluding hydrogens is 316 g/mol. The molecule has 0 bridgehead atoms. The van der Waals surface area contributed by atoms with E-state index in [0.29, 0.717) is 5.56 Å². The van der Waals surface area contributed by atoms with Crippen LogP contribution in [-0.2, 0) is 0 Å². The van der Waals surface area contributed by atoms with Crippen LogP contribution in [0.1, 0.15) is 81.3 Å². The summed E-state index contributed by atoms with van der Waals surface area (Å²) >= 11 is 0. The van der Waals surface area contributed by atoms with Crippen LogP contribution in [0.25, 0.3) is 0 Å². The lowest BCUT2D eigenvalue weighted by Gasteiger charge is -2.29. The van der Waals surface area contributed by atoms with Crippen molar-refractivity contribution in [2.24, 2.45) is 5.92 Å². The van der Waals surface area contributed by atoms with Crippen LogP contribution in [0.3, 0.4) is 0 Å². The van der Waals surface area contributed by atoms with Crippen LogP contribution in [-0.4, -0.2) is 12.3 Å². The van der Waals surface area contributed by atoms with E-state index in [0.717, 1.165) is 31.6 Å². The van der Waals surface area contributed by atoms with Crippen molar-refractivity contribution in [2.45, 2.75) is 82.5 Å². The van der Waals surface area contributed by atoms with Crippen LogP contribution < -0.4 is 0 Å². The molecule has 2 atom stereocenters. The van der Waals surface area contributed by atoms with E-state index in [2.05, 4.69) is 6.92 Å². The van der Waals surface area contributed by atoms with Gasteiger partial charge in [0.25, 0.3) is 0 Å². The normalized spacial score (nSPS) is 31.5. The summed E-state index contributed by atoms with van der Waals surface area (Å²) in [5.74, 6) is -1.02. The standard InChI is InChI=1S/C20H26F4/c1-2-3-12-4-6-13(7-5-12)14-8-18(23)20(19(24)9-14)15-10-16(21)17(22)11-15/h8-9,12-13,15-17H,2-7,10-11H2,1H3/t12?,13?,16-,17-/m1/s1. The molecule has 0 radical (unpaired) electrons. The zero-order chi connectivity index (χ0) is 17.3. The van der Waals surface area contributed by atoms with Gasteiger partial charge in [-0.3, -0.25) is 0 Å². The van der Waals surface area contributed by atoms with Gasteiger partial charge in [0.15, 0.2) is 0 Å². The zero-order valence-electron chi connectivity index (χ0n) is 14.2. The summed E-state index contributed by atoms with van der Waals surface area (Å²) < 4.78 is 55.7. The molecule has 0 N–H and O–H groups in total. The van der Waals surface area contributed by atoms with E-state index < -0.39 is 29.9 Å². The number of alkyl halides is 2. The average Bonchev–Trinajstić information content (AvgIpc) is 2.86. The Morgan fingerprint density at radius 3 is 1.92 bits per heavy atom. The molecular formula is C20H26F4. The lowest BCUT2D eigenvalue weighted by molar-refractivity contribution is 0.199. The van der Waals surface area contributed by atoms with Crippen molar-refractivity contribution in [1.29, 1.82) is 0 Å². The van der Waals surface area contributed by atoms with Gasteiger partial charge in [0.2, 0.25) is 0 Å². The predicted molar refractivity (Wildman–Crippen MR) is 87.7 cm³/mol. The van der Waals surface area contributed by atoms with Gasteiger partial charge in [0.05, 0.1) is 0 Å². The van der Waals surface area contributed by atoms with Gasteiger partial charge in [-0.25, -0.2) is 17.6 Å². The lowest BCUT2D eigenvalue weighted by atomic mass is 9.77. The summed E-state index contributed by atoms with van der Waals surface area (Å²) in [5.41, 5.74) is 0.580. The fourth-order valence-corrected chi connectivity index (χ4v) is 4.59. The zero-order valence-corrected chi connectivity index (χ0v) is 14.2. The Kier molecular flexibility index (Phi) is 5.51. The van der Waals surface area contributed by atoms with Crippen LogP contribution in [0.5, 0.6) is 0 Å². The van der Waals surface area contributed by atoms with Crippen LogP contribution >= 0.6 is 0 Å². The van der Waals surface area contributed by atoms with Crippen molar-refractivity contribution in [1.82, 2.24) is 0 Å². The molecule has 1 aromatic carbocycles. The minimum absolute atomic E-state index is 0.124. The van der Waals surface area contributed by atoms with Gasteiger partial charge in [-0.05, 0) is 74.0 Å². The molecule has 2 aliphatic carbocycles. The Bertz CT molecular complexity index is 530. The monoisotopic (exact) mass is 342 g/mol. The topological polar surface area (TPSA) is 0 Å². The number of halogens is 4. The van der Waals surface area contributed by atoms with E-state index in [9.17, 15) is 17.6 Å². The second-order valence-electron chi connectivity index (χ2n) is 7.60. The summed E-state index contributed by atoms with van der Waals surface area (Å²) in [7, 11) is 0. The van der Waals surface area contributed by atoms with Gasteiger partial charge in [0.1, 0.15) is 24.0 Å². The first kappa shape index (κ1) is 17.8. The molecule has 3 rings (SSSR count). The van der Waals surface area contributed by atoms with Crippen molar-refractivity contribution >= 4 is 0 Å². The first-order valence-corrected chi connectivity index (χ1v) is 9.26. The highest BCUT2D eigenvalue weighted by Gasteiger charge is 2.38. The molecule has 0 saturated heterocycles. The van der Waals surface area contributed by atoms with Crippen molar-refractivity contribution in [3.05, 3.63) is 34.9 Å². The summed E-state index contributed by atoms with van der Waals surface area (Å²) in [6.07, 6.45) is 3.08. The Hall–Kier alpha value is -1.06. The molecule has 0 nitrogen and oxygen atoms in total. The van der Waals surface area contributed by atoms with Crippen LogP contribution in [0.2, 0.25) is 0 Å². The molecule has 2 aliphatic rings. The smallest absolute Gasteiger partial charge is 0.132 e. The molecule has 1 aromatic rings. The fraction of sp³-hybridized carbons (Fsp3) is 0.700. The summed E-state index contributed by atoms with van der Waals surface area (Å²) in [4.78, 5) is 0. The Balaban J connectivity index is 1.74. The Labute approximate surface area is 141 Å². The van der Waals surface area contributed by atoms with Gasteiger partial charge < -0.3 is 0 Å². The maximum Gasteiger partial charge on any atom is 0.132 e. The molecule has 0 amide bonds. The first-order chi connectivity index (χ1) is 11.5. The van der Waals surface area contributed by atoms with E-state index in [1.165, 1.54) is 25.0 Å². The first-order valence-electron chi connectivity index (χ1n) is 9.26. The summed E-state index contributed by atoms with van der Waals surface area (Å²) in [6, 6.07) is 2.81. The number of hydrogen-bond donors (Lipinski definition) is 0. The van der Waals surface area contributed by atoms with Crippen molar-refractivity contribution in [2.75, 3.05) is 0 Å². The molecule has 24 heavy (non-hydrogen) atoms. The molecule has 0 aliphatic heterocycles. The van der Waals surface area contributed by atoms with Gasteiger partial charge in [-0.2, -0.15) is 0 Å². The van der Waals surface area contributed by atoms with E-state index in [1.807, 2.05) is 0 Å². The molecule has 0 aromatic heterocycles. The van der Waals surface area contributed by atoms with Crippen molar-refractivity contribution < 1.29 is 17.6 Å². The predicted octanol–water partition coefficient (Wildman–Crippen LogP) is 6.59. The number of benzene rings is 1. The van der Waals surface area contributed by atoms with Crippen LogP contribution in [0.15, 0.2) is 12.1 Å². The highest BCUT2D eigenvalue weighted by atomic mass is 19.2. The largest absolute Gasteiger partial charge is 0.244 e. The SMILES string of the molecule is CCCC1CCC(c2cc(F)c(C3C[C@@H](F)[C@H](F)C3)c(F)c2)CC1. The van der Waals surface area contributed by atoms with Crippen LogP contribution in [0.4, 0.5) is 17.6 Å². The van der Waals surface area contributed by atoms with E-state index >= 15 is 0 Å². The third-order valence-electron chi connectivity index (χ3n) is 5.94. The average molecular weight is 342 g/mol. The number of rotatable bonds is 4. The second kappa shape index (κ2) is 7.45. The summed E-state index contributed by atoms with van der Waals surface area (Å²) in [6.45, 7) is 2.18. The molecule has 0 unspecified atom stereocenters. The quantitative estimate of drug-likeness (QED) is 0.541. The molecule has 0 spiro atoms. The van der Waals surface area contributed by atoms with Gasteiger partial charge in [-0.1, -0.05) is 19.8 Å². The Morgan fingerprint density at radius 2 is 1.42 bits per heavy atom. The summed E-state index contributed by atoms with van der Waals surface area (Å²) in [5, 5.41) is 0. The lowest BCUT2D eigenvalue weighted by Crippen LogP contribution is -2.14. The number of hydrogen-bond acceptors (Lipinski definition) is 0. The third kappa shape index (κ3) is 3.62. The molecule has 2 fully saturated rings. The minimum Gasteiger partial charge on any atom is -0.244 e. The van der Waals surface area contributed by atoms with E-state index in [4.69, 9.17) is 0 Å². The molecule has 134 valence electrons. The second-order valence-corrected chi connectivity index (χ2v) is 7.60. The van der Waals surface area contributed by atoms with Crippen LogP contribution in [0, 0.1) is 17.6 Å². The minimum atomic E-state index is -1.61. The van der Waals surface area contributed by atoms with Crippen molar-refractivity contribution in [3.63, 3.8) is 0 Å².